The van der Waals surface area contributed by atoms with Crippen LogP contribution >= 0.6 is 11.6 Å². The van der Waals surface area contributed by atoms with Crippen LogP contribution in [-0.4, -0.2) is 28.7 Å². The first-order chi connectivity index (χ1) is 9.42. The number of aryl methyl sites for hydroxylation is 1. The number of nitrogens with zero attached hydrogens (tertiary/aromatic N) is 3. The number of rotatable bonds is 3. The van der Waals surface area contributed by atoms with Gasteiger partial charge in [0.15, 0.2) is 0 Å². The van der Waals surface area contributed by atoms with Crippen molar-refractivity contribution in [1.29, 1.82) is 0 Å². The van der Waals surface area contributed by atoms with E-state index in [0.717, 1.165) is 5.56 Å². The standard InChI is InChI=1S/C12H15ClN6O/c1-6-3-9(15)8(13)4-7(6)10-16-11(19(2)5-14)18-12(20)17-10/h3-4H,5,14-15H2,1-2H3,(H,16,17,18,20). The highest BCUT2D eigenvalue weighted by Crippen LogP contribution is 2.28. The van der Waals surface area contributed by atoms with E-state index in [9.17, 15) is 4.79 Å². The highest BCUT2D eigenvalue weighted by molar-refractivity contribution is 6.33. The summed E-state index contributed by atoms with van der Waals surface area (Å²) in [7, 11) is 1.70. The number of nitrogens with two attached hydrogens (primary N) is 2. The van der Waals surface area contributed by atoms with Gasteiger partial charge >= 0.3 is 5.69 Å². The molecule has 0 fully saturated rings. The molecular weight excluding hydrogens is 280 g/mol. The highest BCUT2D eigenvalue weighted by Gasteiger charge is 2.12. The topological polar surface area (TPSA) is 114 Å². The number of benzene rings is 1. The summed E-state index contributed by atoms with van der Waals surface area (Å²) in [5.74, 6) is 0.623. The van der Waals surface area contributed by atoms with Crippen LogP contribution in [0.15, 0.2) is 16.9 Å². The minimum absolute atomic E-state index is 0.199. The molecule has 0 saturated heterocycles. The molecule has 5 N–H and O–H groups in total. The number of aromatic amines is 1. The highest BCUT2D eigenvalue weighted by atomic mass is 35.5. The summed E-state index contributed by atoms with van der Waals surface area (Å²) in [5, 5.41) is 0.402. The summed E-state index contributed by atoms with van der Waals surface area (Å²) in [6.45, 7) is 2.05. The van der Waals surface area contributed by atoms with Crippen molar-refractivity contribution in [3.63, 3.8) is 0 Å². The van der Waals surface area contributed by atoms with Crippen molar-refractivity contribution < 1.29 is 0 Å². The Bertz CT molecular complexity index is 699. The zero-order valence-electron chi connectivity index (χ0n) is 11.1. The van der Waals surface area contributed by atoms with Gasteiger partial charge in [-0.05, 0) is 24.6 Å². The Morgan fingerprint density at radius 1 is 1.40 bits per heavy atom. The van der Waals surface area contributed by atoms with Crippen LogP contribution in [0, 0.1) is 6.92 Å². The summed E-state index contributed by atoms with van der Waals surface area (Å²) in [4.78, 5) is 23.8. The molecule has 2 rings (SSSR count). The van der Waals surface area contributed by atoms with Gasteiger partial charge in [-0.3, -0.25) is 4.98 Å². The number of halogens is 1. The van der Waals surface area contributed by atoms with Crippen molar-refractivity contribution in [1.82, 2.24) is 15.0 Å². The monoisotopic (exact) mass is 294 g/mol. The third-order valence-electron chi connectivity index (χ3n) is 2.85. The average Bonchev–Trinajstić information content (AvgIpc) is 2.41. The fourth-order valence-corrected chi connectivity index (χ4v) is 1.88. The van der Waals surface area contributed by atoms with Gasteiger partial charge in [-0.2, -0.15) is 9.97 Å². The van der Waals surface area contributed by atoms with Crippen LogP contribution in [0.1, 0.15) is 5.56 Å². The molecule has 106 valence electrons. The molecular formula is C12H15ClN6O. The van der Waals surface area contributed by atoms with Gasteiger partial charge in [-0.1, -0.05) is 11.6 Å². The normalized spacial score (nSPS) is 10.6. The summed E-state index contributed by atoms with van der Waals surface area (Å²) in [6, 6.07) is 3.39. The molecule has 0 aliphatic carbocycles. The fourth-order valence-electron chi connectivity index (χ4n) is 1.71. The lowest BCUT2D eigenvalue weighted by atomic mass is 10.1. The molecule has 0 unspecified atom stereocenters. The third-order valence-corrected chi connectivity index (χ3v) is 3.18. The minimum Gasteiger partial charge on any atom is -0.398 e. The quantitative estimate of drug-likeness (QED) is 0.568. The molecule has 20 heavy (non-hydrogen) atoms. The maximum Gasteiger partial charge on any atom is 0.349 e. The number of aromatic nitrogens is 3. The number of H-pyrrole nitrogens is 1. The number of anilines is 2. The Labute approximate surface area is 120 Å². The molecule has 0 radical (unpaired) electrons. The second-order valence-corrected chi connectivity index (χ2v) is 4.78. The largest absolute Gasteiger partial charge is 0.398 e. The van der Waals surface area contributed by atoms with Crippen LogP contribution in [0.4, 0.5) is 11.6 Å². The van der Waals surface area contributed by atoms with Crippen molar-refractivity contribution in [3.05, 3.63) is 33.2 Å². The van der Waals surface area contributed by atoms with Crippen molar-refractivity contribution in [2.75, 3.05) is 24.3 Å². The van der Waals surface area contributed by atoms with Crippen LogP contribution in [-0.2, 0) is 0 Å². The SMILES string of the molecule is Cc1cc(N)c(Cl)cc1-c1nc(N(C)CN)nc(=O)[nH]1. The molecule has 0 spiro atoms. The van der Waals surface area contributed by atoms with Crippen LogP contribution in [0.2, 0.25) is 5.02 Å². The number of nitrogen functional groups attached to an aromatic ring is 1. The van der Waals surface area contributed by atoms with Crippen molar-refractivity contribution in [2.45, 2.75) is 6.92 Å². The average molecular weight is 295 g/mol. The number of hydrogen-bond acceptors (Lipinski definition) is 6. The maximum absolute atomic E-state index is 11.6. The lowest BCUT2D eigenvalue weighted by Gasteiger charge is -2.14. The van der Waals surface area contributed by atoms with E-state index in [1.807, 2.05) is 6.92 Å². The molecule has 2 aromatic rings. The van der Waals surface area contributed by atoms with Crippen LogP contribution in [0.5, 0.6) is 0 Å². The Morgan fingerprint density at radius 2 is 2.10 bits per heavy atom. The van der Waals surface area contributed by atoms with E-state index in [-0.39, 0.29) is 12.6 Å². The van der Waals surface area contributed by atoms with Crippen LogP contribution in [0.25, 0.3) is 11.4 Å². The second-order valence-electron chi connectivity index (χ2n) is 4.37. The van der Waals surface area contributed by atoms with Crippen molar-refractivity contribution in [2.24, 2.45) is 5.73 Å². The number of nitrogens with one attached hydrogen (secondary N) is 1. The Hall–Kier alpha value is -2.12. The van der Waals surface area contributed by atoms with Crippen molar-refractivity contribution in [3.8, 4) is 11.4 Å². The van der Waals surface area contributed by atoms with Gasteiger partial charge in [-0.25, -0.2) is 4.79 Å². The second kappa shape index (κ2) is 5.48. The predicted octanol–water partition coefficient (Wildman–Crippen LogP) is 0.728. The van der Waals surface area contributed by atoms with E-state index in [4.69, 9.17) is 23.1 Å². The molecule has 0 aliphatic rings. The molecule has 8 heteroatoms. The van der Waals surface area contributed by atoms with Crippen molar-refractivity contribution >= 4 is 23.2 Å². The van der Waals surface area contributed by atoms with Gasteiger partial charge in [-0.15, -0.1) is 0 Å². The van der Waals surface area contributed by atoms with E-state index in [1.165, 1.54) is 0 Å². The molecule has 0 saturated carbocycles. The molecule has 0 bridgehead atoms. The molecule has 7 nitrogen and oxygen atoms in total. The van der Waals surface area contributed by atoms with Gasteiger partial charge < -0.3 is 16.4 Å². The maximum atomic E-state index is 11.6. The molecule has 1 aromatic heterocycles. The lowest BCUT2D eigenvalue weighted by molar-refractivity contribution is 0.851. The van der Waals surface area contributed by atoms with E-state index < -0.39 is 5.69 Å². The van der Waals surface area contributed by atoms with Gasteiger partial charge in [0.25, 0.3) is 0 Å². The summed E-state index contributed by atoms with van der Waals surface area (Å²) in [6.07, 6.45) is 0. The Balaban J connectivity index is 2.61. The van der Waals surface area contributed by atoms with E-state index in [0.29, 0.717) is 22.1 Å². The van der Waals surface area contributed by atoms with E-state index >= 15 is 0 Å². The van der Waals surface area contributed by atoms with Gasteiger partial charge in [0.05, 0.1) is 17.4 Å². The van der Waals surface area contributed by atoms with Crippen LogP contribution < -0.4 is 22.1 Å². The Morgan fingerprint density at radius 3 is 2.75 bits per heavy atom. The fraction of sp³-hybridized carbons (Fsp3) is 0.250. The first kappa shape index (κ1) is 14.3. The molecule has 0 amide bonds. The molecule has 0 aliphatic heterocycles. The zero-order chi connectivity index (χ0) is 14.9. The Kier molecular flexibility index (Phi) is 3.91. The number of hydrogen-bond donors (Lipinski definition) is 3. The third kappa shape index (κ3) is 2.73. The van der Waals surface area contributed by atoms with Gasteiger partial charge in [0.2, 0.25) is 5.95 Å². The minimum atomic E-state index is -0.502. The van der Waals surface area contributed by atoms with Gasteiger partial charge in [0, 0.05) is 12.6 Å². The summed E-state index contributed by atoms with van der Waals surface area (Å²) in [5.41, 5.74) is 12.8. The molecule has 1 aromatic carbocycles. The van der Waals surface area contributed by atoms with E-state index in [1.54, 1.807) is 24.1 Å². The zero-order valence-corrected chi connectivity index (χ0v) is 11.9. The van der Waals surface area contributed by atoms with Crippen LogP contribution in [0.3, 0.4) is 0 Å². The smallest absolute Gasteiger partial charge is 0.349 e. The summed E-state index contributed by atoms with van der Waals surface area (Å²) >= 11 is 6.01. The van der Waals surface area contributed by atoms with Gasteiger partial charge in [0.1, 0.15) is 5.82 Å². The summed E-state index contributed by atoms with van der Waals surface area (Å²) < 4.78 is 0. The first-order valence-corrected chi connectivity index (χ1v) is 6.25. The van der Waals surface area contributed by atoms with E-state index in [2.05, 4.69) is 15.0 Å². The molecule has 1 heterocycles. The molecule has 0 atom stereocenters. The lowest BCUT2D eigenvalue weighted by Crippen LogP contribution is -2.29. The first-order valence-electron chi connectivity index (χ1n) is 5.88. The predicted molar refractivity (Wildman–Crippen MR) is 79.7 cm³/mol.